The normalized spacial score (nSPS) is 12.0. The van der Waals surface area contributed by atoms with Crippen molar-refractivity contribution < 1.29 is 14.7 Å². The zero-order valence-corrected chi connectivity index (χ0v) is 12.9. The van der Waals surface area contributed by atoms with Crippen molar-refractivity contribution >= 4 is 17.7 Å². The fourth-order valence-corrected chi connectivity index (χ4v) is 2.41. The van der Waals surface area contributed by atoms with E-state index >= 15 is 0 Å². The highest BCUT2D eigenvalue weighted by atomic mass is 16.4. The lowest BCUT2D eigenvalue weighted by Crippen LogP contribution is -2.48. The Hall–Kier alpha value is -2.04. The summed E-state index contributed by atoms with van der Waals surface area (Å²) in [7, 11) is 0. The minimum absolute atomic E-state index is 0.00695. The molecule has 0 aliphatic rings. The molecule has 0 aromatic heterocycles. The van der Waals surface area contributed by atoms with E-state index in [0.29, 0.717) is 11.6 Å². The summed E-state index contributed by atoms with van der Waals surface area (Å²) in [5, 5.41) is 11.9. The quantitative estimate of drug-likeness (QED) is 0.811. The Morgan fingerprint density at radius 3 is 2.24 bits per heavy atom. The average molecular weight is 292 g/mol. The largest absolute Gasteiger partial charge is 0.480 e. The molecule has 0 heterocycles. The molecule has 21 heavy (non-hydrogen) atoms. The Morgan fingerprint density at radius 1 is 1.19 bits per heavy atom. The van der Waals surface area contributed by atoms with Crippen molar-refractivity contribution in [2.75, 3.05) is 11.4 Å². The first-order chi connectivity index (χ1) is 9.99. The molecule has 0 saturated carbocycles. The van der Waals surface area contributed by atoms with Crippen LogP contribution in [-0.4, -0.2) is 29.7 Å². The number of anilines is 1. The zero-order valence-electron chi connectivity index (χ0n) is 12.9. The summed E-state index contributed by atoms with van der Waals surface area (Å²) in [6.07, 6.45) is 1.95. The second-order valence-electron chi connectivity index (χ2n) is 5.13. The summed E-state index contributed by atoms with van der Waals surface area (Å²) in [5.41, 5.74) is 0.578. The van der Waals surface area contributed by atoms with Gasteiger partial charge in [0, 0.05) is 11.7 Å². The van der Waals surface area contributed by atoms with Crippen LogP contribution >= 0.6 is 0 Å². The summed E-state index contributed by atoms with van der Waals surface area (Å²) >= 11 is 0. The Balaban J connectivity index is 2.84. The second kappa shape index (κ2) is 8.29. The van der Waals surface area contributed by atoms with E-state index in [1.54, 1.807) is 24.3 Å². The molecule has 0 bridgehead atoms. The molecule has 1 aromatic carbocycles. The Bertz CT molecular complexity index is 458. The maximum atomic E-state index is 12.4. The first-order valence-corrected chi connectivity index (χ1v) is 7.34. The Kier molecular flexibility index (Phi) is 6.72. The Morgan fingerprint density at radius 2 is 1.76 bits per heavy atom. The van der Waals surface area contributed by atoms with Crippen LogP contribution in [0.25, 0.3) is 0 Å². The molecule has 116 valence electrons. The van der Waals surface area contributed by atoms with E-state index < -0.39 is 5.97 Å². The second-order valence-corrected chi connectivity index (χ2v) is 5.13. The van der Waals surface area contributed by atoms with Crippen LogP contribution in [0.4, 0.5) is 10.5 Å². The summed E-state index contributed by atoms with van der Waals surface area (Å²) in [6, 6.07) is 8.47. The van der Waals surface area contributed by atoms with Crippen LogP contribution in [0.2, 0.25) is 0 Å². The molecule has 1 aromatic rings. The highest BCUT2D eigenvalue weighted by molar-refractivity contribution is 5.96. The number of urea groups is 1. The van der Waals surface area contributed by atoms with Gasteiger partial charge in [0.2, 0.25) is 0 Å². The fourth-order valence-electron chi connectivity index (χ4n) is 2.41. The number of rotatable bonds is 7. The molecule has 0 aliphatic carbocycles. The molecule has 5 heteroatoms. The number of hydrogen-bond donors (Lipinski definition) is 2. The summed E-state index contributed by atoms with van der Waals surface area (Å²) in [4.78, 5) is 24.6. The van der Waals surface area contributed by atoms with Crippen molar-refractivity contribution in [1.29, 1.82) is 0 Å². The first-order valence-electron chi connectivity index (χ1n) is 7.34. The molecular formula is C16H24N2O3. The molecule has 0 fully saturated rings. The molecule has 0 radical (unpaired) electrons. The van der Waals surface area contributed by atoms with Crippen molar-refractivity contribution in [1.82, 2.24) is 5.32 Å². The number of nitrogens with one attached hydrogen (secondary N) is 1. The van der Waals surface area contributed by atoms with Crippen molar-refractivity contribution in [2.45, 2.75) is 39.7 Å². The molecule has 2 N–H and O–H groups in total. The van der Waals surface area contributed by atoms with E-state index in [4.69, 9.17) is 5.11 Å². The summed E-state index contributed by atoms with van der Waals surface area (Å²) in [5.74, 6) is -0.652. The van der Waals surface area contributed by atoms with Crippen LogP contribution in [0.1, 0.15) is 33.6 Å². The average Bonchev–Trinajstić information content (AvgIpc) is 2.46. The van der Waals surface area contributed by atoms with Crippen LogP contribution in [0.5, 0.6) is 0 Å². The maximum absolute atomic E-state index is 12.4. The van der Waals surface area contributed by atoms with Gasteiger partial charge in [-0.25, -0.2) is 4.79 Å². The van der Waals surface area contributed by atoms with Gasteiger partial charge in [0.05, 0.1) is 0 Å². The van der Waals surface area contributed by atoms with E-state index in [1.807, 2.05) is 13.0 Å². The van der Waals surface area contributed by atoms with Gasteiger partial charge in [-0.05, 0) is 25.0 Å². The van der Waals surface area contributed by atoms with Crippen LogP contribution in [0.3, 0.4) is 0 Å². The van der Waals surface area contributed by atoms with Gasteiger partial charge in [-0.3, -0.25) is 9.69 Å². The topological polar surface area (TPSA) is 69.6 Å². The third kappa shape index (κ3) is 5.10. The van der Waals surface area contributed by atoms with Gasteiger partial charge in [-0.1, -0.05) is 44.9 Å². The molecule has 0 spiro atoms. The summed E-state index contributed by atoms with van der Waals surface area (Å²) in [6.45, 7) is 5.77. The fraction of sp³-hybridized carbons (Fsp3) is 0.500. The number of para-hydroxylation sites is 1. The number of amides is 2. The van der Waals surface area contributed by atoms with Gasteiger partial charge in [-0.15, -0.1) is 0 Å². The lowest BCUT2D eigenvalue weighted by molar-refractivity contribution is -0.135. The minimum Gasteiger partial charge on any atom is -0.480 e. The van der Waals surface area contributed by atoms with Crippen molar-refractivity contribution in [3.63, 3.8) is 0 Å². The molecule has 1 atom stereocenters. The lowest BCUT2D eigenvalue weighted by Gasteiger charge is -2.27. The van der Waals surface area contributed by atoms with Gasteiger partial charge in [-0.2, -0.15) is 0 Å². The van der Waals surface area contributed by atoms with Gasteiger partial charge in [0.1, 0.15) is 6.54 Å². The standard InChI is InChI=1S/C16H24N2O3/c1-4-13(5-2)12(3)17-16(21)18(11-15(19)20)14-9-7-6-8-10-14/h6-10,12-13H,4-5,11H2,1-3H3,(H,17,21)(H,19,20). The third-order valence-corrected chi connectivity index (χ3v) is 3.71. The van der Waals surface area contributed by atoms with E-state index in [2.05, 4.69) is 19.2 Å². The number of nitrogens with zero attached hydrogens (tertiary/aromatic N) is 1. The van der Waals surface area contributed by atoms with Gasteiger partial charge < -0.3 is 10.4 Å². The van der Waals surface area contributed by atoms with Gasteiger partial charge >= 0.3 is 12.0 Å². The SMILES string of the molecule is CCC(CC)C(C)NC(=O)N(CC(=O)O)c1ccccc1. The number of benzene rings is 1. The number of carbonyl (C=O) groups excluding carboxylic acids is 1. The molecular weight excluding hydrogens is 268 g/mol. The molecule has 0 aliphatic heterocycles. The van der Waals surface area contributed by atoms with Crippen molar-refractivity contribution in [3.05, 3.63) is 30.3 Å². The van der Waals surface area contributed by atoms with E-state index in [-0.39, 0.29) is 18.6 Å². The molecule has 1 rings (SSSR count). The number of carboxylic acid groups (broad SMARTS) is 1. The summed E-state index contributed by atoms with van der Waals surface area (Å²) < 4.78 is 0. The number of aliphatic carboxylic acids is 1. The van der Waals surface area contributed by atoms with Gasteiger partial charge in [0.25, 0.3) is 0 Å². The highest BCUT2D eigenvalue weighted by Gasteiger charge is 2.22. The lowest BCUT2D eigenvalue weighted by atomic mass is 9.96. The first kappa shape index (κ1) is 17.0. The van der Waals surface area contributed by atoms with Crippen LogP contribution in [-0.2, 0) is 4.79 Å². The predicted octanol–water partition coefficient (Wildman–Crippen LogP) is 3.11. The van der Waals surface area contributed by atoms with Gasteiger partial charge in [0.15, 0.2) is 0 Å². The van der Waals surface area contributed by atoms with Crippen molar-refractivity contribution in [3.8, 4) is 0 Å². The number of carboxylic acids is 1. The van der Waals surface area contributed by atoms with E-state index in [0.717, 1.165) is 12.8 Å². The maximum Gasteiger partial charge on any atom is 0.323 e. The molecule has 5 nitrogen and oxygen atoms in total. The minimum atomic E-state index is -1.04. The monoisotopic (exact) mass is 292 g/mol. The zero-order chi connectivity index (χ0) is 15.8. The highest BCUT2D eigenvalue weighted by Crippen LogP contribution is 2.16. The van der Waals surface area contributed by atoms with E-state index in [9.17, 15) is 9.59 Å². The molecule has 1 unspecified atom stereocenters. The predicted molar refractivity (Wildman–Crippen MR) is 83.5 cm³/mol. The number of hydrogen-bond acceptors (Lipinski definition) is 2. The van der Waals surface area contributed by atoms with E-state index in [1.165, 1.54) is 4.90 Å². The molecule has 0 saturated heterocycles. The van der Waals surface area contributed by atoms with Crippen LogP contribution < -0.4 is 10.2 Å². The Labute approximate surface area is 126 Å². The van der Waals surface area contributed by atoms with Crippen molar-refractivity contribution in [2.24, 2.45) is 5.92 Å². The molecule has 2 amide bonds. The smallest absolute Gasteiger partial charge is 0.323 e. The number of carbonyl (C=O) groups is 2. The van der Waals surface area contributed by atoms with Crippen LogP contribution in [0.15, 0.2) is 30.3 Å². The third-order valence-electron chi connectivity index (χ3n) is 3.71. The van der Waals surface area contributed by atoms with Crippen LogP contribution in [0, 0.1) is 5.92 Å².